The van der Waals surface area contributed by atoms with E-state index in [1.165, 1.54) is 0 Å². The minimum atomic E-state index is 0. The highest BCUT2D eigenvalue weighted by molar-refractivity contribution is 14.0. The predicted molar refractivity (Wildman–Crippen MR) is 105 cm³/mol. The summed E-state index contributed by atoms with van der Waals surface area (Å²) in [5.41, 5.74) is 0.0912. The second-order valence-electron chi connectivity index (χ2n) is 6.62. The Balaban J connectivity index is 0.00000208. The zero-order valence-corrected chi connectivity index (χ0v) is 16.7. The van der Waals surface area contributed by atoms with Crippen LogP contribution in [0.5, 0.6) is 0 Å². The van der Waals surface area contributed by atoms with Crippen molar-refractivity contribution in [3.05, 3.63) is 18.2 Å². The molecule has 2 saturated heterocycles. The Morgan fingerprint density at radius 3 is 3.00 bits per heavy atom. The molecular formula is C16H27IN6O. The van der Waals surface area contributed by atoms with Gasteiger partial charge in [-0.2, -0.15) is 0 Å². The van der Waals surface area contributed by atoms with E-state index >= 15 is 0 Å². The van der Waals surface area contributed by atoms with Gasteiger partial charge in [-0.1, -0.05) is 0 Å². The molecule has 2 aliphatic heterocycles. The molecule has 2 aliphatic rings. The zero-order valence-electron chi connectivity index (χ0n) is 14.4. The largest absolute Gasteiger partial charge is 0.355 e. The van der Waals surface area contributed by atoms with Crippen LogP contribution in [-0.2, 0) is 11.3 Å². The van der Waals surface area contributed by atoms with E-state index in [2.05, 4.69) is 30.1 Å². The van der Waals surface area contributed by atoms with Crippen LogP contribution in [0.1, 0.15) is 25.1 Å². The lowest BCUT2D eigenvalue weighted by atomic mass is 9.79. The van der Waals surface area contributed by atoms with Gasteiger partial charge in [0.15, 0.2) is 5.96 Å². The Hall–Kier alpha value is -1.32. The number of hydrogen-bond donors (Lipinski definition) is 2. The zero-order chi connectivity index (χ0) is 16.3. The highest BCUT2D eigenvalue weighted by atomic mass is 127. The third-order valence-corrected chi connectivity index (χ3v) is 4.93. The molecule has 0 aliphatic carbocycles. The molecule has 2 N–H and O–H groups in total. The molecule has 1 spiro atoms. The number of halogens is 1. The van der Waals surface area contributed by atoms with E-state index in [4.69, 9.17) is 0 Å². The summed E-state index contributed by atoms with van der Waals surface area (Å²) >= 11 is 0. The van der Waals surface area contributed by atoms with Crippen molar-refractivity contribution >= 4 is 35.8 Å². The summed E-state index contributed by atoms with van der Waals surface area (Å²) in [4.78, 5) is 22.6. The third-order valence-electron chi connectivity index (χ3n) is 4.93. The molecule has 24 heavy (non-hydrogen) atoms. The van der Waals surface area contributed by atoms with E-state index in [9.17, 15) is 4.79 Å². The molecule has 1 aromatic heterocycles. The average Bonchev–Trinajstić information content (AvgIpc) is 3.10. The fourth-order valence-electron chi connectivity index (χ4n) is 3.69. The summed E-state index contributed by atoms with van der Waals surface area (Å²) in [5.74, 6) is 2.14. The monoisotopic (exact) mass is 446 g/mol. The molecule has 0 bridgehead atoms. The number of carbonyl (C=O) groups excluding carboxylic acids is 1. The highest BCUT2D eigenvalue weighted by Gasteiger charge is 2.42. The fourth-order valence-corrected chi connectivity index (χ4v) is 3.69. The van der Waals surface area contributed by atoms with E-state index < -0.39 is 0 Å². The number of rotatable bonds is 3. The van der Waals surface area contributed by atoms with Crippen LogP contribution in [0.15, 0.2) is 17.4 Å². The number of aromatic nitrogens is 2. The minimum Gasteiger partial charge on any atom is -0.355 e. The van der Waals surface area contributed by atoms with Gasteiger partial charge in [0.1, 0.15) is 5.82 Å². The summed E-state index contributed by atoms with van der Waals surface area (Å²) in [6.45, 7) is 6.38. The van der Waals surface area contributed by atoms with Crippen molar-refractivity contribution in [3.8, 4) is 0 Å². The first-order valence-electron chi connectivity index (χ1n) is 8.32. The van der Waals surface area contributed by atoms with Crippen LogP contribution in [0.25, 0.3) is 0 Å². The van der Waals surface area contributed by atoms with Crippen LogP contribution >= 0.6 is 24.0 Å². The highest BCUT2D eigenvalue weighted by Crippen LogP contribution is 2.35. The fraction of sp³-hybridized carbons (Fsp3) is 0.688. The molecule has 134 valence electrons. The summed E-state index contributed by atoms with van der Waals surface area (Å²) in [6.07, 6.45) is 6.69. The van der Waals surface area contributed by atoms with Gasteiger partial charge >= 0.3 is 0 Å². The van der Waals surface area contributed by atoms with Crippen molar-refractivity contribution in [2.75, 3.05) is 33.2 Å². The van der Waals surface area contributed by atoms with Crippen LogP contribution in [0.3, 0.4) is 0 Å². The topological polar surface area (TPSA) is 74.6 Å². The van der Waals surface area contributed by atoms with E-state index in [0.717, 1.165) is 57.3 Å². The normalized spacial score (nSPS) is 24.0. The van der Waals surface area contributed by atoms with Gasteiger partial charge in [-0.25, -0.2) is 4.98 Å². The molecule has 0 saturated carbocycles. The number of amides is 1. The summed E-state index contributed by atoms with van der Waals surface area (Å²) in [7, 11) is 1.82. The van der Waals surface area contributed by atoms with Crippen LogP contribution in [0, 0.1) is 12.3 Å². The summed E-state index contributed by atoms with van der Waals surface area (Å²) in [6, 6.07) is 0. The number of carbonyl (C=O) groups is 1. The Morgan fingerprint density at radius 2 is 2.38 bits per heavy atom. The quantitative estimate of drug-likeness (QED) is 0.413. The van der Waals surface area contributed by atoms with E-state index in [1.807, 2.05) is 26.4 Å². The average molecular weight is 446 g/mol. The smallest absolute Gasteiger partial charge is 0.220 e. The molecule has 3 rings (SSSR count). The van der Waals surface area contributed by atoms with Crippen LogP contribution in [0.2, 0.25) is 0 Å². The Bertz CT molecular complexity index is 601. The van der Waals surface area contributed by atoms with Crippen molar-refractivity contribution in [2.45, 2.75) is 32.7 Å². The van der Waals surface area contributed by atoms with Gasteiger partial charge in [-0.3, -0.25) is 9.79 Å². The standard InChI is InChI=1S/C16H26N6O.HI/c1-13-18-5-8-21(13)9-6-19-15(17-2)22-7-3-4-16(12-22)10-14(23)20-11-16;/h5,8H,3-4,6-7,9-12H2,1-2H3,(H,17,19)(H,20,23);1H. The lowest BCUT2D eigenvalue weighted by Gasteiger charge is -2.40. The maximum Gasteiger partial charge on any atom is 0.220 e. The number of nitrogens with zero attached hydrogens (tertiary/aromatic N) is 4. The maximum absolute atomic E-state index is 11.6. The molecule has 1 aromatic rings. The van der Waals surface area contributed by atoms with E-state index in [0.29, 0.717) is 6.42 Å². The molecule has 7 nitrogen and oxygen atoms in total. The summed E-state index contributed by atoms with van der Waals surface area (Å²) in [5, 5.41) is 6.43. The van der Waals surface area contributed by atoms with Gasteiger partial charge in [0.25, 0.3) is 0 Å². The van der Waals surface area contributed by atoms with E-state index in [-0.39, 0.29) is 35.3 Å². The van der Waals surface area contributed by atoms with Crippen LogP contribution < -0.4 is 10.6 Å². The third kappa shape index (κ3) is 4.20. The molecule has 1 amide bonds. The first-order valence-corrected chi connectivity index (χ1v) is 8.32. The molecule has 3 heterocycles. The van der Waals surface area contributed by atoms with Crippen molar-refractivity contribution < 1.29 is 4.79 Å². The van der Waals surface area contributed by atoms with Gasteiger partial charge < -0.3 is 20.1 Å². The predicted octanol–water partition coefficient (Wildman–Crippen LogP) is 0.987. The number of likely N-dealkylation sites (tertiary alicyclic amines) is 1. The summed E-state index contributed by atoms with van der Waals surface area (Å²) < 4.78 is 2.12. The molecule has 0 radical (unpaired) electrons. The second kappa shape index (κ2) is 8.17. The molecule has 2 fully saturated rings. The minimum absolute atomic E-state index is 0. The van der Waals surface area contributed by atoms with E-state index in [1.54, 1.807) is 0 Å². The molecule has 1 unspecified atom stereocenters. The first-order chi connectivity index (χ1) is 11.1. The van der Waals surface area contributed by atoms with Gasteiger partial charge in [0.05, 0.1) is 0 Å². The van der Waals surface area contributed by atoms with Crippen molar-refractivity contribution in [3.63, 3.8) is 0 Å². The van der Waals surface area contributed by atoms with Gasteiger partial charge in [-0.15, -0.1) is 24.0 Å². The first kappa shape index (κ1) is 19.0. The maximum atomic E-state index is 11.6. The lowest BCUT2D eigenvalue weighted by molar-refractivity contribution is -0.119. The van der Waals surface area contributed by atoms with Crippen molar-refractivity contribution in [2.24, 2.45) is 10.4 Å². The van der Waals surface area contributed by atoms with Gasteiger partial charge in [0.2, 0.25) is 5.91 Å². The number of guanidine groups is 1. The van der Waals surface area contributed by atoms with Crippen LogP contribution in [-0.4, -0.2) is 59.5 Å². The Labute approximate surface area is 160 Å². The number of piperidine rings is 1. The van der Waals surface area contributed by atoms with Crippen molar-refractivity contribution in [1.82, 2.24) is 25.1 Å². The lowest BCUT2D eigenvalue weighted by Crippen LogP contribution is -2.51. The van der Waals surface area contributed by atoms with Crippen molar-refractivity contribution in [1.29, 1.82) is 0 Å². The number of nitrogens with one attached hydrogen (secondary N) is 2. The number of aliphatic imine (C=N–C) groups is 1. The Morgan fingerprint density at radius 1 is 1.54 bits per heavy atom. The molecule has 1 atom stereocenters. The molecular weight excluding hydrogens is 419 g/mol. The second-order valence-corrected chi connectivity index (χ2v) is 6.62. The number of hydrogen-bond acceptors (Lipinski definition) is 3. The van der Waals surface area contributed by atoms with Crippen LogP contribution in [0.4, 0.5) is 0 Å². The van der Waals surface area contributed by atoms with Gasteiger partial charge in [0, 0.05) is 64.0 Å². The SMILES string of the molecule is CN=C(NCCn1ccnc1C)N1CCCC2(CNC(=O)C2)C1.I. The van der Waals surface area contributed by atoms with Gasteiger partial charge in [-0.05, 0) is 19.8 Å². The molecule has 8 heteroatoms. The number of imidazole rings is 1. The number of aryl methyl sites for hydroxylation is 1. The molecule has 0 aromatic carbocycles. The Kier molecular flexibility index (Phi) is 6.47.